The maximum Gasteiger partial charge on any atom is 0.157 e. The van der Waals surface area contributed by atoms with Crippen LogP contribution in [0.5, 0.6) is 0 Å². The molecule has 14 heavy (non-hydrogen) atoms. The van der Waals surface area contributed by atoms with Crippen molar-refractivity contribution in [3.05, 3.63) is 29.5 Å². The van der Waals surface area contributed by atoms with Crippen LogP contribution in [-0.4, -0.2) is 7.05 Å². The van der Waals surface area contributed by atoms with Crippen LogP contribution in [0.25, 0.3) is 11.0 Å². The number of benzene rings is 1. The van der Waals surface area contributed by atoms with Gasteiger partial charge in [-0.25, -0.2) is 0 Å². The van der Waals surface area contributed by atoms with E-state index >= 15 is 0 Å². The van der Waals surface area contributed by atoms with E-state index in [1.165, 1.54) is 0 Å². The van der Waals surface area contributed by atoms with Crippen LogP contribution >= 0.6 is 0 Å². The zero-order valence-electron chi connectivity index (χ0n) is 8.42. The van der Waals surface area contributed by atoms with Crippen molar-refractivity contribution in [2.24, 2.45) is 0 Å². The molecule has 0 radical (unpaired) electrons. The van der Waals surface area contributed by atoms with Crippen LogP contribution in [0.4, 0.5) is 5.69 Å². The maximum absolute atomic E-state index is 5.91. The lowest BCUT2D eigenvalue weighted by molar-refractivity contribution is 0.608. The zero-order valence-corrected chi connectivity index (χ0v) is 8.42. The molecule has 0 fully saturated rings. The fourth-order valence-electron chi connectivity index (χ4n) is 1.60. The first-order valence-electron chi connectivity index (χ1n) is 4.63. The third-order valence-corrected chi connectivity index (χ3v) is 2.45. The highest BCUT2D eigenvalue weighted by Gasteiger charge is 2.08. The predicted molar refractivity (Wildman–Crippen MR) is 58.1 cm³/mol. The van der Waals surface area contributed by atoms with Crippen LogP contribution in [0.3, 0.4) is 0 Å². The molecule has 0 aliphatic heterocycles. The fraction of sp³-hybridized carbons (Fsp3) is 0.273. The Hall–Kier alpha value is -1.48. The van der Waals surface area contributed by atoms with E-state index in [-0.39, 0.29) is 0 Å². The van der Waals surface area contributed by atoms with Crippen molar-refractivity contribution in [2.75, 3.05) is 12.8 Å². The quantitative estimate of drug-likeness (QED) is 0.712. The first-order chi connectivity index (χ1) is 6.74. The summed E-state index contributed by atoms with van der Waals surface area (Å²) in [6.45, 7) is 2.78. The number of fused-ring (bicyclic) bond motifs is 1. The molecular formula is C11H14N2O. The molecule has 74 valence electrons. The molecule has 2 aromatic rings. The van der Waals surface area contributed by atoms with Crippen molar-refractivity contribution < 1.29 is 4.42 Å². The van der Waals surface area contributed by atoms with Gasteiger partial charge in [-0.1, -0.05) is 12.1 Å². The van der Waals surface area contributed by atoms with Gasteiger partial charge in [0.25, 0.3) is 0 Å². The van der Waals surface area contributed by atoms with Gasteiger partial charge in [-0.05, 0) is 19.5 Å². The van der Waals surface area contributed by atoms with Crippen LogP contribution in [0.2, 0.25) is 0 Å². The van der Waals surface area contributed by atoms with Gasteiger partial charge in [0.05, 0.1) is 12.0 Å². The Kier molecular flexibility index (Phi) is 2.17. The summed E-state index contributed by atoms with van der Waals surface area (Å²) in [5.41, 5.74) is 9.66. The largest absolute Gasteiger partial charge is 0.462 e. The van der Waals surface area contributed by atoms with Gasteiger partial charge in [0.15, 0.2) is 5.58 Å². The highest BCUT2D eigenvalue weighted by atomic mass is 16.3. The Morgan fingerprint density at radius 3 is 2.93 bits per heavy atom. The highest BCUT2D eigenvalue weighted by molar-refractivity contribution is 5.91. The highest BCUT2D eigenvalue weighted by Crippen LogP contribution is 2.28. The molecule has 0 bridgehead atoms. The van der Waals surface area contributed by atoms with Gasteiger partial charge in [0.2, 0.25) is 0 Å². The number of nitrogen functional groups attached to an aromatic ring is 1. The average Bonchev–Trinajstić information content (AvgIpc) is 2.57. The molecule has 3 heteroatoms. The third-order valence-electron chi connectivity index (χ3n) is 2.45. The minimum absolute atomic E-state index is 0.741. The van der Waals surface area contributed by atoms with Crippen LogP contribution in [-0.2, 0) is 6.54 Å². The Bertz CT molecular complexity index is 460. The van der Waals surface area contributed by atoms with Gasteiger partial charge in [-0.2, -0.15) is 0 Å². The molecule has 0 spiro atoms. The molecule has 0 saturated heterocycles. The molecule has 1 aromatic carbocycles. The smallest absolute Gasteiger partial charge is 0.157 e. The topological polar surface area (TPSA) is 51.2 Å². The predicted octanol–water partition coefficient (Wildman–Crippen LogP) is 2.04. The van der Waals surface area contributed by atoms with Gasteiger partial charge in [0.1, 0.15) is 0 Å². The lowest BCUT2D eigenvalue weighted by Crippen LogP contribution is -2.04. The summed E-state index contributed by atoms with van der Waals surface area (Å²) in [7, 11) is 1.91. The van der Waals surface area contributed by atoms with E-state index in [1.807, 2.05) is 20.0 Å². The van der Waals surface area contributed by atoms with Gasteiger partial charge < -0.3 is 15.5 Å². The molecule has 1 aromatic heterocycles. The van der Waals surface area contributed by atoms with E-state index in [9.17, 15) is 0 Å². The van der Waals surface area contributed by atoms with Crippen molar-refractivity contribution in [3.8, 4) is 0 Å². The van der Waals surface area contributed by atoms with E-state index < -0.39 is 0 Å². The molecule has 0 aliphatic carbocycles. The van der Waals surface area contributed by atoms with Crippen LogP contribution < -0.4 is 11.1 Å². The minimum Gasteiger partial charge on any atom is -0.462 e. The number of rotatable bonds is 2. The molecule has 1 heterocycles. The van der Waals surface area contributed by atoms with Crippen molar-refractivity contribution in [2.45, 2.75) is 13.5 Å². The minimum atomic E-state index is 0.741. The van der Waals surface area contributed by atoms with Crippen LogP contribution in [0.15, 0.2) is 22.8 Å². The molecule has 2 rings (SSSR count). The number of aryl methyl sites for hydroxylation is 1. The first-order valence-corrected chi connectivity index (χ1v) is 4.63. The number of nitrogens with two attached hydrogens (primary N) is 1. The number of hydrogen-bond donors (Lipinski definition) is 2. The Morgan fingerprint density at radius 1 is 1.43 bits per heavy atom. The number of nitrogens with one attached hydrogen (secondary N) is 1. The van der Waals surface area contributed by atoms with Gasteiger partial charge in [-0.3, -0.25) is 0 Å². The number of furan rings is 1. The Labute approximate surface area is 82.9 Å². The summed E-state index contributed by atoms with van der Waals surface area (Å²) < 4.78 is 5.45. The maximum atomic E-state index is 5.91. The monoisotopic (exact) mass is 190 g/mol. The van der Waals surface area contributed by atoms with E-state index in [0.717, 1.165) is 34.3 Å². The molecule has 0 aliphatic rings. The normalized spacial score (nSPS) is 11.0. The molecule has 0 saturated carbocycles. The van der Waals surface area contributed by atoms with Crippen molar-refractivity contribution in [1.29, 1.82) is 0 Å². The molecule has 0 amide bonds. The van der Waals surface area contributed by atoms with Crippen LogP contribution in [0.1, 0.15) is 11.1 Å². The second-order valence-corrected chi connectivity index (χ2v) is 3.46. The first kappa shape index (κ1) is 9.09. The second-order valence-electron chi connectivity index (χ2n) is 3.46. The van der Waals surface area contributed by atoms with Gasteiger partial charge in [0, 0.05) is 17.5 Å². The molecule has 0 unspecified atom stereocenters. The number of hydrogen-bond acceptors (Lipinski definition) is 3. The Balaban J connectivity index is 2.64. The van der Waals surface area contributed by atoms with E-state index in [4.69, 9.17) is 10.2 Å². The van der Waals surface area contributed by atoms with Crippen molar-refractivity contribution in [1.82, 2.24) is 5.32 Å². The summed E-state index contributed by atoms with van der Waals surface area (Å²) in [4.78, 5) is 0. The van der Waals surface area contributed by atoms with Crippen molar-refractivity contribution in [3.63, 3.8) is 0 Å². The molecular weight excluding hydrogens is 176 g/mol. The lowest BCUT2D eigenvalue weighted by atomic mass is 10.1. The second kappa shape index (κ2) is 3.35. The van der Waals surface area contributed by atoms with Crippen LogP contribution in [0, 0.1) is 6.92 Å². The van der Waals surface area contributed by atoms with E-state index in [1.54, 1.807) is 6.26 Å². The SMILES string of the molecule is CNCc1coc2c(N)c(C)ccc12. The summed E-state index contributed by atoms with van der Waals surface area (Å²) in [5.74, 6) is 0. The van der Waals surface area contributed by atoms with Crippen molar-refractivity contribution >= 4 is 16.7 Å². The third kappa shape index (κ3) is 1.26. The standard InChI is InChI=1S/C11H14N2O/c1-7-3-4-9-8(5-13-2)6-14-11(9)10(7)12/h3-4,6,13H,5,12H2,1-2H3. The summed E-state index contributed by atoms with van der Waals surface area (Å²) >= 11 is 0. The summed E-state index contributed by atoms with van der Waals surface area (Å²) in [6, 6.07) is 4.07. The summed E-state index contributed by atoms with van der Waals surface area (Å²) in [6.07, 6.45) is 1.76. The summed E-state index contributed by atoms with van der Waals surface area (Å²) in [5, 5.41) is 4.19. The van der Waals surface area contributed by atoms with Gasteiger partial charge in [-0.15, -0.1) is 0 Å². The Morgan fingerprint density at radius 2 is 2.21 bits per heavy atom. The lowest BCUT2D eigenvalue weighted by Gasteiger charge is -2.00. The molecule has 3 nitrogen and oxygen atoms in total. The fourth-order valence-corrected chi connectivity index (χ4v) is 1.60. The average molecular weight is 190 g/mol. The van der Waals surface area contributed by atoms with Gasteiger partial charge >= 0.3 is 0 Å². The molecule has 3 N–H and O–H groups in total. The molecule has 0 atom stereocenters. The number of anilines is 1. The van der Waals surface area contributed by atoms with E-state index in [0.29, 0.717) is 0 Å². The zero-order chi connectivity index (χ0) is 10.1. The van der Waals surface area contributed by atoms with E-state index in [2.05, 4.69) is 11.4 Å².